The molecule has 0 saturated heterocycles. The van der Waals surface area contributed by atoms with Gasteiger partial charge >= 0.3 is 0 Å². The van der Waals surface area contributed by atoms with Gasteiger partial charge in [-0.2, -0.15) is 0 Å². The van der Waals surface area contributed by atoms with Gasteiger partial charge in [0.2, 0.25) is 0 Å². The molecule has 0 unspecified atom stereocenters. The number of anilines is 6. The van der Waals surface area contributed by atoms with Gasteiger partial charge in [-0.15, -0.1) is 0 Å². The van der Waals surface area contributed by atoms with E-state index in [1.165, 1.54) is 32.7 Å². The van der Waals surface area contributed by atoms with Crippen molar-refractivity contribution in [3.05, 3.63) is 145 Å². The molecule has 0 aliphatic rings. The predicted molar refractivity (Wildman–Crippen MR) is 171 cm³/mol. The van der Waals surface area contributed by atoms with Crippen molar-refractivity contribution in [2.45, 2.75) is 13.8 Å². The molecular formula is C36H28N6. The SMILES string of the molecule is Cc1c2ccc(N(c3ccccn3)c3ccccn3)cc2c(C)c2ccc(N(c3ccccn3)c3ccccn3)cc12. The molecule has 6 nitrogen and oxygen atoms in total. The topological polar surface area (TPSA) is 58.0 Å². The third-order valence-electron chi connectivity index (χ3n) is 7.65. The standard InChI is InChI=1S/C36H28N6/c1-25-29-17-15-28(42(35-13-5-9-21-39-35)36-14-6-10-22-40-36)24-32(29)26(2)30-18-16-27(23-31(25)30)41(33-11-3-7-19-37-33)34-12-4-8-20-38-34/h3-24H,1-2H3. The first-order valence-electron chi connectivity index (χ1n) is 13.9. The summed E-state index contributed by atoms with van der Waals surface area (Å²) >= 11 is 0. The van der Waals surface area contributed by atoms with Gasteiger partial charge in [-0.1, -0.05) is 36.4 Å². The lowest BCUT2D eigenvalue weighted by Crippen LogP contribution is -2.13. The zero-order valence-corrected chi connectivity index (χ0v) is 23.4. The molecule has 3 aromatic carbocycles. The maximum atomic E-state index is 4.65. The van der Waals surface area contributed by atoms with E-state index in [0.29, 0.717) is 0 Å². The van der Waals surface area contributed by atoms with Crippen molar-refractivity contribution in [3.63, 3.8) is 0 Å². The third-order valence-corrected chi connectivity index (χ3v) is 7.65. The summed E-state index contributed by atoms with van der Waals surface area (Å²) < 4.78 is 0. The van der Waals surface area contributed by atoms with Gasteiger partial charge < -0.3 is 0 Å². The van der Waals surface area contributed by atoms with Gasteiger partial charge in [0, 0.05) is 36.2 Å². The molecule has 0 radical (unpaired) electrons. The predicted octanol–water partition coefficient (Wildman–Crippen LogP) is 9.13. The first-order chi connectivity index (χ1) is 20.7. The van der Waals surface area contributed by atoms with E-state index in [1.54, 1.807) is 0 Å². The molecule has 7 aromatic rings. The molecule has 0 atom stereocenters. The molecule has 42 heavy (non-hydrogen) atoms. The highest BCUT2D eigenvalue weighted by Crippen LogP contribution is 2.40. The van der Waals surface area contributed by atoms with Crippen molar-refractivity contribution in [2.24, 2.45) is 0 Å². The van der Waals surface area contributed by atoms with Crippen LogP contribution in [0, 0.1) is 13.8 Å². The first kappa shape index (κ1) is 25.4. The van der Waals surface area contributed by atoms with Gasteiger partial charge in [0.25, 0.3) is 0 Å². The quantitative estimate of drug-likeness (QED) is 0.195. The Bertz CT molecular complexity index is 1770. The van der Waals surface area contributed by atoms with E-state index in [4.69, 9.17) is 0 Å². The molecule has 0 saturated carbocycles. The van der Waals surface area contributed by atoms with Crippen molar-refractivity contribution in [3.8, 4) is 0 Å². The van der Waals surface area contributed by atoms with Crippen LogP contribution < -0.4 is 9.80 Å². The summed E-state index contributed by atoms with van der Waals surface area (Å²) in [7, 11) is 0. The van der Waals surface area contributed by atoms with Crippen LogP contribution in [0.4, 0.5) is 34.6 Å². The number of rotatable bonds is 6. The van der Waals surface area contributed by atoms with Gasteiger partial charge in [0.1, 0.15) is 23.3 Å². The molecule has 0 aliphatic heterocycles. The Labute approximate surface area is 244 Å². The van der Waals surface area contributed by atoms with Crippen LogP contribution in [0.2, 0.25) is 0 Å². The van der Waals surface area contributed by atoms with Crippen molar-refractivity contribution >= 4 is 56.2 Å². The number of benzene rings is 3. The van der Waals surface area contributed by atoms with Gasteiger partial charge in [-0.05, 0) is 119 Å². The number of fused-ring (bicyclic) bond motifs is 2. The van der Waals surface area contributed by atoms with Crippen LogP contribution in [0.25, 0.3) is 21.5 Å². The zero-order valence-electron chi connectivity index (χ0n) is 23.4. The molecule has 0 aliphatic carbocycles. The van der Waals surface area contributed by atoms with E-state index in [-0.39, 0.29) is 0 Å². The number of pyridine rings is 4. The summed E-state index contributed by atoms with van der Waals surface area (Å²) in [6.45, 7) is 4.41. The number of aromatic nitrogens is 4. The van der Waals surface area contributed by atoms with Gasteiger partial charge in [0.15, 0.2) is 0 Å². The van der Waals surface area contributed by atoms with Gasteiger partial charge in [0.05, 0.1) is 0 Å². The van der Waals surface area contributed by atoms with Crippen LogP contribution in [0.15, 0.2) is 134 Å². The molecule has 0 amide bonds. The summed E-state index contributed by atoms with van der Waals surface area (Å²) in [5.74, 6) is 3.28. The zero-order chi connectivity index (χ0) is 28.5. The monoisotopic (exact) mass is 544 g/mol. The van der Waals surface area contributed by atoms with E-state index in [9.17, 15) is 0 Å². The summed E-state index contributed by atoms with van der Waals surface area (Å²) in [6, 6.07) is 37.0. The molecule has 7 rings (SSSR count). The maximum Gasteiger partial charge on any atom is 0.138 e. The highest BCUT2D eigenvalue weighted by atomic mass is 15.2. The Hall–Kier alpha value is -5.62. The van der Waals surface area contributed by atoms with Crippen LogP contribution in [0.3, 0.4) is 0 Å². The lowest BCUT2D eigenvalue weighted by Gasteiger charge is -2.25. The molecule has 0 spiro atoms. The van der Waals surface area contributed by atoms with Crippen molar-refractivity contribution in [2.75, 3.05) is 9.80 Å². The minimum atomic E-state index is 0.819. The van der Waals surface area contributed by atoms with E-state index in [1.807, 2.05) is 97.6 Å². The van der Waals surface area contributed by atoms with Crippen LogP contribution in [0.1, 0.15) is 11.1 Å². The van der Waals surface area contributed by atoms with Gasteiger partial charge in [-0.3, -0.25) is 9.80 Å². The molecule has 6 heteroatoms. The Morgan fingerprint density at radius 1 is 0.381 bits per heavy atom. The molecule has 0 N–H and O–H groups in total. The molecule has 4 heterocycles. The molecule has 4 aromatic heterocycles. The normalized spacial score (nSPS) is 11.1. The fraction of sp³-hybridized carbons (Fsp3) is 0.0556. The largest absolute Gasteiger partial charge is 0.279 e. The highest BCUT2D eigenvalue weighted by molar-refractivity contribution is 6.07. The highest BCUT2D eigenvalue weighted by Gasteiger charge is 2.19. The average molecular weight is 545 g/mol. The van der Waals surface area contributed by atoms with Crippen LogP contribution in [-0.4, -0.2) is 19.9 Å². The van der Waals surface area contributed by atoms with Crippen molar-refractivity contribution in [1.29, 1.82) is 0 Å². The fourth-order valence-electron chi connectivity index (χ4n) is 5.62. The number of aryl methyl sites for hydroxylation is 2. The minimum absolute atomic E-state index is 0.819. The maximum absolute atomic E-state index is 4.65. The Morgan fingerprint density at radius 3 is 1.00 bits per heavy atom. The molecule has 0 fully saturated rings. The van der Waals surface area contributed by atoms with Crippen molar-refractivity contribution in [1.82, 2.24) is 19.9 Å². The first-order valence-corrected chi connectivity index (χ1v) is 13.9. The van der Waals surface area contributed by atoms with Crippen LogP contribution in [-0.2, 0) is 0 Å². The molecular weight excluding hydrogens is 516 g/mol. The summed E-state index contributed by atoms with van der Waals surface area (Å²) in [5.41, 5.74) is 4.47. The number of hydrogen-bond donors (Lipinski definition) is 0. The average Bonchev–Trinajstić information content (AvgIpc) is 3.06. The second kappa shape index (κ2) is 10.7. The second-order valence-corrected chi connectivity index (χ2v) is 10.1. The summed E-state index contributed by atoms with van der Waals surface area (Å²) in [6.07, 6.45) is 7.25. The summed E-state index contributed by atoms with van der Waals surface area (Å²) in [4.78, 5) is 22.8. The third kappa shape index (κ3) is 4.49. The minimum Gasteiger partial charge on any atom is -0.279 e. The number of hydrogen-bond acceptors (Lipinski definition) is 6. The van der Waals surface area contributed by atoms with E-state index in [0.717, 1.165) is 34.6 Å². The molecule has 0 bridgehead atoms. The van der Waals surface area contributed by atoms with Crippen LogP contribution >= 0.6 is 0 Å². The lowest BCUT2D eigenvalue weighted by molar-refractivity contribution is 1.13. The fourth-order valence-corrected chi connectivity index (χ4v) is 5.62. The Kier molecular flexibility index (Phi) is 6.49. The lowest BCUT2D eigenvalue weighted by atomic mass is 9.92. The Morgan fingerprint density at radius 2 is 0.714 bits per heavy atom. The van der Waals surface area contributed by atoms with E-state index >= 15 is 0 Å². The van der Waals surface area contributed by atoms with E-state index < -0.39 is 0 Å². The summed E-state index contributed by atoms with van der Waals surface area (Å²) in [5, 5.41) is 4.83. The smallest absolute Gasteiger partial charge is 0.138 e. The van der Waals surface area contributed by atoms with E-state index in [2.05, 4.69) is 80.0 Å². The van der Waals surface area contributed by atoms with Crippen LogP contribution in [0.5, 0.6) is 0 Å². The number of nitrogens with zero attached hydrogens (tertiary/aromatic N) is 6. The van der Waals surface area contributed by atoms with Crippen molar-refractivity contribution < 1.29 is 0 Å². The van der Waals surface area contributed by atoms with Gasteiger partial charge in [-0.25, -0.2) is 19.9 Å². The molecule has 202 valence electrons. The second-order valence-electron chi connectivity index (χ2n) is 10.1. The Balaban J connectivity index is 1.40.